The van der Waals surface area contributed by atoms with Crippen molar-refractivity contribution in [3.63, 3.8) is 0 Å². The maximum absolute atomic E-state index is 13.4. The molecule has 148 valence electrons. The summed E-state index contributed by atoms with van der Waals surface area (Å²) in [5.41, 5.74) is 4.34. The molecule has 0 aliphatic carbocycles. The third-order valence-electron chi connectivity index (χ3n) is 5.19. The van der Waals surface area contributed by atoms with Gasteiger partial charge in [-0.3, -0.25) is 9.78 Å². The van der Waals surface area contributed by atoms with E-state index in [9.17, 15) is 4.79 Å². The smallest absolute Gasteiger partial charge is 0.264 e. The van der Waals surface area contributed by atoms with Crippen molar-refractivity contribution in [3.8, 4) is 5.75 Å². The Hall–Kier alpha value is -2.85. The lowest BCUT2D eigenvalue weighted by Gasteiger charge is -2.25. The topological polar surface area (TPSA) is 42.4 Å². The van der Waals surface area contributed by atoms with Crippen molar-refractivity contribution in [3.05, 3.63) is 94.3 Å². The quantitative estimate of drug-likeness (QED) is 0.588. The van der Waals surface area contributed by atoms with Gasteiger partial charge < -0.3 is 9.64 Å². The number of carbonyl (C=O) groups excluding carboxylic acids is 1. The highest BCUT2D eigenvalue weighted by molar-refractivity contribution is 6.30. The fraction of sp³-hybridized carbons (Fsp3) is 0.250. The summed E-state index contributed by atoms with van der Waals surface area (Å²) < 4.78 is 5.95. The molecule has 2 aromatic carbocycles. The molecule has 1 atom stereocenters. The fourth-order valence-corrected chi connectivity index (χ4v) is 3.78. The van der Waals surface area contributed by atoms with Crippen molar-refractivity contribution >= 4 is 17.5 Å². The number of halogens is 1. The van der Waals surface area contributed by atoms with Crippen LogP contribution in [0.4, 0.5) is 0 Å². The monoisotopic (exact) mass is 406 g/mol. The SMILES string of the molecule is CCc1ccc(CN(Cc2cccnc2)C(=O)[C@H]2Cc3cc(Cl)ccc3O2)cc1. The number of carbonyl (C=O) groups is 1. The summed E-state index contributed by atoms with van der Waals surface area (Å²) >= 11 is 6.09. The molecule has 1 aliphatic rings. The number of rotatable bonds is 6. The molecule has 2 heterocycles. The standard InChI is InChI=1S/C24H23ClN2O2/c1-2-17-5-7-18(8-6-17)15-27(16-19-4-3-11-26-14-19)24(28)23-13-20-12-21(25)9-10-22(20)29-23/h3-12,14,23H,2,13,15-16H2,1H3/t23-/m1/s1. The van der Waals surface area contributed by atoms with Crippen molar-refractivity contribution < 1.29 is 9.53 Å². The first-order valence-electron chi connectivity index (χ1n) is 9.83. The average Bonchev–Trinajstić information content (AvgIpc) is 3.17. The third-order valence-corrected chi connectivity index (χ3v) is 5.42. The second-order valence-corrected chi connectivity index (χ2v) is 7.72. The van der Waals surface area contributed by atoms with Crippen LogP contribution in [0.1, 0.15) is 29.2 Å². The molecular formula is C24H23ClN2O2. The molecule has 0 N–H and O–H groups in total. The van der Waals surface area contributed by atoms with Gasteiger partial charge in [-0.25, -0.2) is 0 Å². The number of amides is 1. The molecule has 4 rings (SSSR count). The Morgan fingerprint density at radius 3 is 2.59 bits per heavy atom. The summed E-state index contributed by atoms with van der Waals surface area (Å²) in [4.78, 5) is 19.4. The van der Waals surface area contributed by atoms with Crippen LogP contribution in [0.15, 0.2) is 67.0 Å². The van der Waals surface area contributed by atoms with Crippen molar-refractivity contribution in [2.75, 3.05) is 0 Å². The molecule has 5 heteroatoms. The van der Waals surface area contributed by atoms with Crippen LogP contribution in [-0.2, 0) is 30.7 Å². The zero-order chi connectivity index (χ0) is 20.2. The van der Waals surface area contributed by atoms with Crippen LogP contribution in [0, 0.1) is 0 Å². The van der Waals surface area contributed by atoms with E-state index in [1.807, 2.05) is 29.2 Å². The summed E-state index contributed by atoms with van der Waals surface area (Å²) in [5.74, 6) is 0.710. The average molecular weight is 407 g/mol. The highest BCUT2D eigenvalue weighted by Gasteiger charge is 2.32. The van der Waals surface area contributed by atoms with Crippen LogP contribution in [0.3, 0.4) is 0 Å². The fourth-order valence-electron chi connectivity index (χ4n) is 3.58. The van der Waals surface area contributed by atoms with E-state index < -0.39 is 6.10 Å². The Labute approximate surface area is 176 Å². The highest BCUT2D eigenvalue weighted by atomic mass is 35.5. The Morgan fingerprint density at radius 2 is 1.86 bits per heavy atom. The van der Waals surface area contributed by atoms with Gasteiger partial charge in [0, 0.05) is 36.9 Å². The molecule has 0 saturated carbocycles. The molecule has 1 aliphatic heterocycles. The van der Waals surface area contributed by atoms with Crippen LogP contribution in [0.5, 0.6) is 5.75 Å². The maximum atomic E-state index is 13.4. The molecule has 1 amide bonds. The van der Waals surface area contributed by atoms with Gasteiger partial charge in [-0.2, -0.15) is 0 Å². The number of benzene rings is 2. The summed E-state index contributed by atoms with van der Waals surface area (Å²) in [6, 6.07) is 17.8. The van der Waals surface area contributed by atoms with E-state index in [0.29, 0.717) is 24.5 Å². The van der Waals surface area contributed by atoms with E-state index in [-0.39, 0.29) is 5.91 Å². The Balaban J connectivity index is 1.54. The summed E-state index contributed by atoms with van der Waals surface area (Å²) in [7, 11) is 0. The molecule has 0 saturated heterocycles. The van der Waals surface area contributed by atoms with E-state index in [1.54, 1.807) is 18.5 Å². The molecule has 0 spiro atoms. The van der Waals surface area contributed by atoms with Crippen molar-refractivity contribution in [2.24, 2.45) is 0 Å². The lowest BCUT2D eigenvalue weighted by atomic mass is 10.1. The van der Waals surface area contributed by atoms with Gasteiger partial charge in [0.2, 0.25) is 0 Å². The lowest BCUT2D eigenvalue weighted by molar-refractivity contribution is -0.139. The van der Waals surface area contributed by atoms with Crippen LogP contribution in [0.25, 0.3) is 0 Å². The molecule has 0 unspecified atom stereocenters. The molecule has 4 nitrogen and oxygen atoms in total. The van der Waals surface area contributed by atoms with Crippen molar-refractivity contribution in [2.45, 2.75) is 39.0 Å². The van der Waals surface area contributed by atoms with Crippen molar-refractivity contribution in [1.82, 2.24) is 9.88 Å². The first-order chi connectivity index (χ1) is 14.1. The number of pyridine rings is 1. The van der Waals surface area contributed by atoms with Gasteiger partial charge in [0.15, 0.2) is 6.10 Å². The minimum Gasteiger partial charge on any atom is -0.480 e. The molecule has 29 heavy (non-hydrogen) atoms. The zero-order valence-corrected chi connectivity index (χ0v) is 17.1. The summed E-state index contributed by atoms with van der Waals surface area (Å²) in [6.45, 7) is 3.14. The maximum Gasteiger partial charge on any atom is 0.264 e. The molecule has 0 bridgehead atoms. The molecule has 0 fully saturated rings. The second-order valence-electron chi connectivity index (χ2n) is 7.29. The van der Waals surface area contributed by atoms with Gasteiger partial charge in [0.25, 0.3) is 5.91 Å². The first kappa shape index (κ1) is 19.5. The lowest BCUT2D eigenvalue weighted by Crippen LogP contribution is -2.40. The molecule has 0 radical (unpaired) electrons. The zero-order valence-electron chi connectivity index (χ0n) is 16.3. The number of ether oxygens (including phenoxy) is 1. The minimum atomic E-state index is -0.532. The first-order valence-corrected chi connectivity index (χ1v) is 10.2. The van der Waals surface area contributed by atoms with Gasteiger partial charge in [0.1, 0.15) is 5.75 Å². The normalized spacial score (nSPS) is 14.9. The van der Waals surface area contributed by atoms with Crippen LogP contribution < -0.4 is 4.74 Å². The Morgan fingerprint density at radius 1 is 1.10 bits per heavy atom. The number of fused-ring (bicyclic) bond motifs is 1. The highest BCUT2D eigenvalue weighted by Crippen LogP contribution is 2.32. The van der Waals surface area contributed by atoms with Gasteiger partial charge >= 0.3 is 0 Å². The van der Waals surface area contributed by atoms with Gasteiger partial charge in [-0.15, -0.1) is 0 Å². The second kappa shape index (κ2) is 8.66. The third kappa shape index (κ3) is 4.60. The van der Waals surface area contributed by atoms with Gasteiger partial charge in [-0.1, -0.05) is 48.9 Å². The summed E-state index contributed by atoms with van der Waals surface area (Å²) in [6.07, 6.45) is 4.53. The van der Waals surface area contributed by atoms with Crippen molar-refractivity contribution in [1.29, 1.82) is 0 Å². The van der Waals surface area contributed by atoms with Gasteiger partial charge in [0.05, 0.1) is 0 Å². The van der Waals surface area contributed by atoms with Crippen LogP contribution >= 0.6 is 11.6 Å². The molecule has 1 aromatic heterocycles. The van der Waals surface area contributed by atoms with Gasteiger partial charge in [-0.05, 0) is 52.9 Å². The number of hydrogen-bond acceptors (Lipinski definition) is 3. The van der Waals surface area contributed by atoms with E-state index in [4.69, 9.17) is 16.3 Å². The molecular weight excluding hydrogens is 384 g/mol. The predicted molar refractivity (Wildman–Crippen MR) is 114 cm³/mol. The summed E-state index contributed by atoms with van der Waals surface area (Å²) in [5, 5.41) is 0.656. The largest absolute Gasteiger partial charge is 0.480 e. The van der Waals surface area contributed by atoms with E-state index in [1.165, 1.54) is 5.56 Å². The number of hydrogen-bond donors (Lipinski definition) is 0. The number of nitrogens with zero attached hydrogens (tertiary/aromatic N) is 2. The number of aryl methyl sites for hydroxylation is 1. The Kier molecular flexibility index (Phi) is 5.81. The van der Waals surface area contributed by atoms with E-state index in [2.05, 4.69) is 36.2 Å². The Bertz CT molecular complexity index is 990. The van der Waals surface area contributed by atoms with E-state index >= 15 is 0 Å². The van der Waals surface area contributed by atoms with Crippen LogP contribution in [-0.4, -0.2) is 21.9 Å². The minimum absolute atomic E-state index is 0.0271. The number of aromatic nitrogens is 1. The predicted octanol–water partition coefficient (Wildman–Crippen LogP) is 4.83. The molecule has 3 aromatic rings. The van der Waals surface area contributed by atoms with E-state index in [0.717, 1.165) is 28.9 Å². The van der Waals surface area contributed by atoms with Crippen LogP contribution in [0.2, 0.25) is 5.02 Å².